The number of ether oxygens (including phenoxy) is 2. The van der Waals surface area contributed by atoms with E-state index in [0.29, 0.717) is 24.5 Å². The molecule has 2 aromatic rings. The molecule has 0 saturated carbocycles. The molecule has 3 rings (SSSR count). The van der Waals surface area contributed by atoms with E-state index in [-0.39, 0.29) is 5.60 Å². The average Bonchev–Trinajstić information content (AvgIpc) is 2.83. The summed E-state index contributed by atoms with van der Waals surface area (Å²) in [7, 11) is 0. The number of aryl methyl sites for hydroxylation is 1. The third-order valence-corrected chi connectivity index (χ3v) is 4.04. The first-order valence-corrected chi connectivity index (χ1v) is 7.14. The Balaban J connectivity index is 1.96. The summed E-state index contributed by atoms with van der Waals surface area (Å²) in [4.78, 5) is 5.50. The number of rotatable bonds is 3. The number of nitriles is 1. The van der Waals surface area contributed by atoms with E-state index >= 15 is 0 Å². The van der Waals surface area contributed by atoms with Crippen molar-refractivity contribution in [2.45, 2.75) is 19.4 Å². The number of hydrogen-bond donors (Lipinski definition) is 0. The van der Waals surface area contributed by atoms with E-state index in [4.69, 9.17) is 14.7 Å². The summed E-state index contributed by atoms with van der Waals surface area (Å²) >= 11 is 1.61. The molecule has 1 saturated heterocycles. The molecule has 2 heterocycles. The van der Waals surface area contributed by atoms with Crippen molar-refractivity contribution in [1.82, 2.24) is 4.98 Å². The minimum absolute atomic E-state index is 0.288. The lowest BCUT2D eigenvalue weighted by Crippen LogP contribution is -2.51. The van der Waals surface area contributed by atoms with Crippen molar-refractivity contribution in [3.63, 3.8) is 0 Å². The van der Waals surface area contributed by atoms with Crippen molar-refractivity contribution in [3.05, 3.63) is 34.8 Å². The van der Waals surface area contributed by atoms with Crippen LogP contribution in [0.25, 0.3) is 10.6 Å². The highest BCUT2D eigenvalue weighted by molar-refractivity contribution is 7.14. The SMILES string of the molecule is Cc1cnc(-c2cc(C#N)cc(OC3(C)COC3)c2)s1. The van der Waals surface area contributed by atoms with Gasteiger partial charge in [0.15, 0.2) is 5.60 Å². The summed E-state index contributed by atoms with van der Waals surface area (Å²) in [5.74, 6) is 0.692. The van der Waals surface area contributed by atoms with Crippen molar-refractivity contribution in [2.75, 3.05) is 13.2 Å². The predicted molar refractivity (Wildman–Crippen MR) is 76.9 cm³/mol. The smallest absolute Gasteiger partial charge is 0.152 e. The van der Waals surface area contributed by atoms with Crippen LogP contribution >= 0.6 is 11.3 Å². The Morgan fingerprint density at radius 2 is 2.20 bits per heavy atom. The summed E-state index contributed by atoms with van der Waals surface area (Å²) in [6, 6.07) is 7.70. The van der Waals surface area contributed by atoms with Crippen LogP contribution in [0, 0.1) is 18.3 Å². The molecule has 0 bridgehead atoms. The molecule has 0 amide bonds. The first-order valence-electron chi connectivity index (χ1n) is 6.33. The van der Waals surface area contributed by atoms with Crippen LogP contribution in [0.3, 0.4) is 0 Å². The van der Waals surface area contributed by atoms with Crippen LogP contribution in [0.2, 0.25) is 0 Å². The van der Waals surface area contributed by atoms with Crippen LogP contribution < -0.4 is 4.74 Å². The molecule has 0 aliphatic carbocycles. The molecule has 0 unspecified atom stereocenters. The minimum Gasteiger partial charge on any atom is -0.483 e. The van der Waals surface area contributed by atoms with Gasteiger partial charge in [0, 0.05) is 16.6 Å². The lowest BCUT2D eigenvalue weighted by molar-refractivity contribution is -0.149. The first kappa shape index (κ1) is 13.1. The largest absolute Gasteiger partial charge is 0.483 e. The average molecular weight is 286 g/mol. The molecule has 20 heavy (non-hydrogen) atoms. The monoisotopic (exact) mass is 286 g/mol. The Bertz CT molecular complexity index is 683. The molecule has 1 fully saturated rings. The Kier molecular flexibility index (Phi) is 3.20. The molecule has 102 valence electrons. The van der Waals surface area contributed by atoms with Gasteiger partial charge in [-0.05, 0) is 32.0 Å². The highest BCUT2D eigenvalue weighted by Gasteiger charge is 2.35. The van der Waals surface area contributed by atoms with Gasteiger partial charge in [0.25, 0.3) is 0 Å². The zero-order valence-electron chi connectivity index (χ0n) is 11.3. The third-order valence-electron chi connectivity index (χ3n) is 3.08. The fourth-order valence-electron chi connectivity index (χ4n) is 2.07. The fourth-order valence-corrected chi connectivity index (χ4v) is 2.82. The predicted octanol–water partition coefficient (Wildman–Crippen LogP) is 3.16. The van der Waals surface area contributed by atoms with E-state index in [1.165, 1.54) is 0 Å². The molecule has 1 aliphatic rings. The Hall–Kier alpha value is -1.90. The lowest BCUT2D eigenvalue weighted by atomic mass is 10.1. The molecule has 0 N–H and O–H groups in total. The molecule has 1 aliphatic heterocycles. The molecule has 1 aromatic carbocycles. The maximum absolute atomic E-state index is 9.16. The zero-order valence-corrected chi connectivity index (χ0v) is 12.2. The van der Waals surface area contributed by atoms with Gasteiger partial charge in [-0.2, -0.15) is 5.26 Å². The number of nitrogens with zero attached hydrogens (tertiary/aromatic N) is 2. The van der Waals surface area contributed by atoms with Crippen LogP contribution in [0.5, 0.6) is 5.75 Å². The van der Waals surface area contributed by atoms with E-state index in [2.05, 4.69) is 11.1 Å². The van der Waals surface area contributed by atoms with Crippen molar-refractivity contribution in [1.29, 1.82) is 5.26 Å². The minimum atomic E-state index is -0.288. The number of thiazole rings is 1. The molecular formula is C15H14N2O2S. The van der Waals surface area contributed by atoms with E-state index in [0.717, 1.165) is 15.4 Å². The van der Waals surface area contributed by atoms with Crippen LogP contribution in [-0.4, -0.2) is 23.8 Å². The normalized spacial score (nSPS) is 16.2. The summed E-state index contributed by atoms with van der Waals surface area (Å²) < 4.78 is 11.1. The molecule has 4 nitrogen and oxygen atoms in total. The fraction of sp³-hybridized carbons (Fsp3) is 0.333. The maximum atomic E-state index is 9.16. The number of benzene rings is 1. The van der Waals surface area contributed by atoms with Gasteiger partial charge in [0.05, 0.1) is 24.8 Å². The Morgan fingerprint density at radius 3 is 2.75 bits per heavy atom. The molecule has 0 atom stereocenters. The van der Waals surface area contributed by atoms with Crippen molar-refractivity contribution >= 4 is 11.3 Å². The van der Waals surface area contributed by atoms with Crippen LogP contribution in [0.1, 0.15) is 17.4 Å². The van der Waals surface area contributed by atoms with Crippen molar-refractivity contribution < 1.29 is 9.47 Å². The Labute approximate surface area is 121 Å². The van der Waals surface area contributed by atoms with Crippen molar-refractivity contribution in [2.24, 2.45) is 0 Å². The van der Waals surface area contributed by atoms with Crippen LogP contribution in [-0.2, 0) is 4.74 Å². The van der Waals surface area contributed by atoms with E-state index in [1.807, 2.05) is 32.2 Å². The van der Waals surface area contributed by atoms with Crippen molar-refractivity contribution in [3.8, 4) is 22.4 Å². The third kappa shape index (κ3) is 2.53. The molecule has 0 radical (unpaired) electrons. The second kappa shape index (κ2) is 4.89. The topological polar surface area (TPSA) is 55.1 Å². The van der Waals surface area contributed by atoms with E-state index < -0.39 is 0 Å². The Morgan fingerprint density at radius 1 is 1.40 bits per heavy atom. The standard InChI is InChI=1S/C15H14N2O2S/c1-10-7-17-14(20-10)12-3-11(6-16)4-13(5-12)19-15(2)8-18-9-15/h3-5,7H,8-9H2,1-2H3. The molecule has 1 aromatic heterocycles. The van der Waals surface area contributed by atoms with Gasteiger partial charge in [-0.3, -0.25) is 0 Å². The van der Waals surface area contributed by atoms with Gasteiger partial charge in [-0.25, -0.2) is 4.98 Å². The van der Waals surface area contributed by atoms with E-state index in [1.54, 1.807) is 17.4 Å². The molecule has 0 spiro atoms. The highest BCUT2D eigenvalue weighted by atomic mass is 32.1. The second-order valence-corrected chi connectivity index (χ2v) is 6.41. The summed E-state index contributed by atoms with van der Waals surface area (Å²) in [6.45, 7) is 5.17. The van der Waals surface area contributed by atoms with Gasteiger partial charge in [-0.15, -0.1) is 11.3 Å². The van der Waals surface area contributed by atoms with Gasteiger partial charge in [0.2, 0.25) is 0 Å². The second-order valence-electron chi connectivity index (χ2n) is 5.18. The van der Waals surface area contributed by atoms with Gasteiger partial charge in [-0.1, -0.05) is 0 Å². The summed E-state index contributed by atoms with van der Waals surface area (Å²) in [5.41, 5.74) is 1.21. The van der Waals surface area contributed by atoms with Gasteiger partial charge < -0.3 is 9.47 Å². The summed E-state index contributed by atoms with van der Waals surface area (Å²) in [6.07, 6.45) is 1.83. The molecular weight excluding hydrogens is 272 g/mol. The van der Waals surface area contributed by atoms with Crippen LogP contribution in [0.15, 0.2) is 24.4 Å². The lowest BCUT2D eigenvalue weighted by Gasteiger charge is -2.38. The number of aromatic nitrogens is 1. The quantitative estimate of drug-likeness (QED) is 0.869. The zero-order chi connectivity index (χ0) is 14.2. The first-order chi connectivity index (χ1) is 9.58. The highest BCUT2D eigenvalue weighted by Crippen LogP contribution is 2.32. The summed E-state index contributed by atoms with van der Waals surface area (Å²) in [5, 5.41) is 10.1. The van der Waals surface area contributed by atoms with E-state index in [9.17, 15) is 0 Å². The van der Waals surface area contributed by atoms with Gasteiger partial charge in [0.1, 0.15) is 10.8 Å². The van der Waals surface area contributed by atoms with Gasteiger partial charge >= 0.3 is 0 Å². The number of hydrogen-bond acceptors (Lipinski definition) is 5. The molecule has 5 heteroatoms. The maximum Gasteiger partial charge on any atom is 0.152 e. The van der Waals surface area contributed by atoms with Crippen LogP contribution in [0.4, 0.5) is 0 Å².